The van der Waals surface area contributed by atoms with Gasteiger partial charge in [0.1, 0.15) is 17.4 Å². The molecule has 13 nitrogen and oxygen atoms in total. The molecule has 0 radical (unpaired) electrons. The first-order valence-corrected chi connectivity index (χ1v) is 16.7. The van der Waals surface area contributed by atoms with Crippen LogP contribution in [0.3, 0.4) is 0 Å². The lowest BCUT2D eigenvalue weighted by Gasteiger charge is -2.55. The fourth-order valence-electron chi connectivity index (χ4n) is 6.13. The van der Waals surface area contributed by atoms with Crippen LogP contribution in [0.4, 0.5) is 4.79 Å². The maximum absolute atomic E-state index is 14.4. The van der Waals surface area contributed by atoms with Crippen molar-refractivity contribution in [2.24, 2.45) is 0 Å². The summed E-state index contributed by atoms with van der Waals surface area (Å²) in [4.78, 5) is 45.4. The fraction of sp³-hybridized carbons (Fsp3) is 0.273. The van der Waals surface area contributed by atoms with E-state index in [-0.39, 0.29) is 51.0 Å². The third kappa shape index (κ3) is 6.90. The van der Waals surface area contributed by atoms with Gasteiger partial charge in [0, 0.05) is 36.0 Å². The molecule has 0 spiro atoms. The van der Waals surface area contributed by atoms with Crippen LogP contribution in [0.1, 0.15) is 16.7 Å². The topological polar surface area (TPSA) is 140 Å². The Morgan fingerprint density at radius 1 is 1.10 bits per heavy atom. The molecule has 3 aromatic carbocycles. The van der Waals surface area contributed by atoms with Gasteiger partial charge in [-0.3, -0.25) is 14.7 Å². The number of hydrogen-bond acceptors (Lipinski definition) is 8. The smallest absolute Gasteiger partial charge is 0.333 e. The Morgan fingerprint density at radius 2 is 1.88 bits per heavy atom. The van der Waals surface area contributed by atoms with E-state index in [0.29, 0.717) is 16.4 Å². The molecule has 15 heteroatoms. The summed E-state index contributed by atoms with van der Waals surface area (Å²) in [6.07, 6.45) is 0.972. The number of aromatic amines is 1. The van der Waals surface area contributed by atoms with E-state index < -0.39 is 26.5 Å². The summed E-state index contributed by atoms with van der Waals surface area (Å²) in [5, 5.41) is 14.4. The standard InChI is InChI=1S/C33H33ClN7O6P/c1-3-16-39-21-29(42)40-27(17-22-12-14-25(15-13-22)47-48(45)46-2)32(43)38(19-24-10-7-11-26-30(24)36-37-31(26)34)20-28(40)41(39)33(44)35-18-23-8-5-4-6-9-23/h3-15,27-28H,1,16-21H2,2H3,(H-,35,36,37,44)/p+1/t27-,28-/m0/s1. The number of hydrazine groups is 1. The number of carbonyl (C=O) groups excluding carboxylic acids is 3. The fourth-order valence-corrected chi connectivity index (χ4v) is 6.69. The molecule has 2 N–H and O–H groups in total. The van der Waals surface area contributed by atoms with E-state index in [9.17, 15) is 18.9 Å². The first kappa shape index (κ1) is 33.1. The first-order chi connectivity index (χ1) is 23.3. The van der Waals surface area contributed by atoms with Crippen molar-refractivity contribution in [1.29, 1.82) is 0 Å². The Bertz CT molecular complexity index is 1840. The number of H-pyrrole nitrogens is 1. The van der Waals surface area contributed by atoms with Gasteiger partial charge in [-0.25, -0.2) is 19.3 Å². The second-order valence-electron chi connectivity index (χ2n) is 11.3. The molecule has 2 fully saturated rings. The zero-order chi connectivity index (χ0) is 33.8. The van der Waals surface area contributed by atoms with Crippen LogP contribution in [0.15, 0.2) is 85.5 Å². The lowest BCUT2D eigenvalue weighted by molar-refractivity contribution is -0.189. The maximum Gasteiger partial charge on any atom is 0.749 e. The number of hydrogen-bond donors (Lipinski definition) is 2. The van der Waals surface area contributed by atoms with E-state index in [1.165, 1.54) is 17.0 Å². The Balaban J connectivity index is 1.35. The van der Waals surface area contributed by atoms with Crippen molar-refractivity contribution < 1.29 is 28.0 Å². The lowest BCUT2D eigenvalue weighted by Crippen LogP contribution is -2.76. The van der Waals surface area contributed by atoms with E-state index in [0.717, 1.165) is 22.1 Å². The number of nitrogens with zero attached hydrogens (tertiary/aromatic N) is 5. The summed E-state index contributed by atoms with van der Waals surface area (Å²) >= 11 is 6.32. The highest BCUT2D eigenvalue weighted by atomic mass is 35.5. The molecule has 6 rings (SSSR count). The number of halogens is 1. The van der Waals surface area contributed by atoms with Gasteiger partial charge < -0.3 is 15.1 Å². The second-order valence-corrected chi connectivity index (χ2v) is 12.7. The van der Waals surface area contributed by atoms with Gasteiger partial charge in [-0.15, -0.1) is 11.1 Å². The van der Waals surface area contributed by atoms with Gasteiger partial charge in [0.15, 0.2) is 5.75 Å². The molecule has 3 atom stereocenters. The Kier molecular flexibility index (Phi) is 10.0. The van der Waals surface area contributed by atoms with Gasteiger partial charge in [0.05, 0.1) is 25.7 Å². The predicted octanol–water partition coefficient (Wildman–Crippen LogP) is 4.64. The van der Waals surface area contributed by atoms with Crippen LogP contribution in [0.25, 0.3) is 10.9 Å². The highest BCUT2D eigenvalue weighted by molar-refractivity contribution is 7.33. The van der Waals surface area contributed by atoms with Crippen molar-refractivity contribution in [2.45, 2.75) is 31.7 Å². The summed E-state index contributed by atoms with van der Waals surface area (Å²) in [6.45, 7) is 4.46. The van der Waals surface area contributed by atoms with Crippen molar-refractivity contribution in [3.8, 4) is 5.75 Å². The molecule has 0 bridgehead atoms. The highest BCUT2D eigenvalue weighted by Crippen LogP contribution is 2.32. The van der Waals surface area contributed by atoms with Gasteiger partial charge in [-0.2, -0.15) is 5.10 Å². The van der Waals surface area contributed by atoms with Gasteiger partial charge in [0.2, 0.25) is 11.8 Å². The third-order valence-electron chi connectivity index (χ3n) is 8.33. The average molecular weight is 691 g/mol. The Labute approximate surface area is 282 Å². The molecule has 0 aliphatic carbocycles. The van der Waals surface area contributed by atoms with Crippen molar-refractivity contribution in [3.05, 3.63) is 107 Å². The SMILES string of the molecule is C=CCN1CC(=O)N2[C@@H](Cc3ccc(O[P+](=O)OC)cc3)C(=O)N(Cc3cccc4c(Cl)[nH]nc34)C[C@@H]2N1C(=O)NCc1ccccc1. The highest BCUT2D eigenvalue weighted by Gasteiger charge is 2.51. The number of rotatable bonds is 11. The molecule has 2 aliphatic rings. The summed E-state index contributed by atoms with van der Waals surface area (Å²) in [7, 11) is -1.04. The van der Waals surface area contributed by atoms with Crippen LogP contribution in [-0.4, -0.2) is 86.8 Å². The minimum atomic E-state index is -2.32. The summed E-state index contributed by atoms with van der Waals surface area (Å²) < 4.78 is 21.7. The zero-order valence-electron chi connectivity index (χ0n) is 26.1. The van der Waals surface area contributed by atoms with Crippen molar-refractivity contribution in [2.75, 3.05) is 26.7 Å². The van der Waals surface area contributed by atoms with E-state index >= 15 is 0 Å². The lowest BCUT2D eigenvalue weighted by atomic mass is 9.98. The quantitative estimate of drug-likeness (QED) is 0.172. The van der Waals surface area contributed by atoms with E-state index in [2.05, 4.69) is 22.1 Å². The average Bonchev–Trinajstić information content (AvgIpc) is 3.48. The number of nitrogens with one attached hydrogen (secondary N) is 2. The zero-order valence-corrected chi connectivity index (χ0v) is 27.8. The molecule has 4 amide bonds. The molecule has 2 aliphatic heterocycles. The van der Waals surface area contributed by atoms with Crippen LogP contribution in [0, 0.1) is 0 Å². The molecular weight excluding hydrogens is 657 g/mol. The van der Waals surface area contributed by atoms with E-state index in [4.69, 9.17) is 20.6 Å². The molecule has 248 valence electrons. The Hall–Kier alpha value is -4.81. The van der Waals surface area contributed by atoms with Crippen LogP contribution in [-0.2, 0) is 38.2 Å². The first-order valence-electron chi connectivity index (χ1n) is 15.2. The number of carbonyl (C=O) groups is 3. The molecule has 1 aromatic heterocycles. The van der Waals surface area contributed by atoms with E-state index in [1.54, 1.807) is 40.3 Å². The van der Waals surface area contributed by atoms with Gasteiger partial charge in [0.25, 0.3) is 0 Å². The summed E-state index contributed by atoms with van der Waals surface area (Å²) in [5.41, 5.74) is 3.04. The molecular formula is C33H34ClN7O6P+. The molecule has 2 saturated heterocycles. The number of piperazine rings is 1. The molecule has 4 aromatic rings. The summed E-state index contributed by atoms with van der Waals surface area (Å²) in [5.74, 6) is -0.231. The van der Waals surface area contributed by atoms with Gasteiger partial charge in [-0.1, -0.05) is 72.3 Å². The normalized spacial score (nSPS) is 18.5. The van der Waals surface area contributed by atoms with Crippen LogP contribution >= 0.6 is 19.9 Å². The minimum absolute atomic E-state index is 0.0544. The molecule has 3 heterocycles. The van der Waals surface area contributed by atoms with E-state index in [1.807, 2.05) is 48.5 Å². The van der Waals surface area contributed by atoms with Crippen molar-refractivity contribution in [1.82, 2.24) is 35.3 Å². The number of urea groups is 1. The van der Waals surface area contributed by atoms with Gasteiger partial charge >= 0.3 is 14.3 Å². The van der Waals surface area contributed by atoms with Crippen LogP contribution < -0.4 is 9.84 Å². The van der Waals surface area contributed by atoms with Crippen LogP contribution in [0.2, 0.25) is 5.15 Å². The third-order valence-corrected chi connectivity index (χ3v) is 9.28. The van der Waals surface area contributed by atoms with Crippen LogP contribution in [0.5, 0.6) is 5.75 Å². The molecule has 0 saturated carbocycles. The molecule has 1 unspecified atom stereocenters. The molecule has 48 heavy (non-hydrogen) atoms. The maximum atomic E-state index is 14.4. The number of aromatic nitrogens is 2. The second kappa shape index (κ2) is 14.5. The van der Waals surface area contributed by atoms with Gasteiger partial charge in [-0.05, 0) is 34.9 Å². The number of amides is 4. The number of fused-ring (bicyclic) bond motifs is 2. The monoisotopic (exact) mass is 690 g/mol. The van der Waals surface area contributed by atoms with Crippen molar-refractivity contribution in [3.63, 3.8) is 0 Å². The number of benzene rings is 3. The minimum Gasteiger partial charge on any atom is -0.333 e. The van der Waals surface area contributed by atoms with Crippen molar-refractivity contribution >= 4 is 48.6 Å². The predicted molar refractivity (Wildman–Crippen MR) is 179 cm³/mol. The largest absolute Gasteiger partial charge is 0.749 e. The number of para-hydroxylation sites is 1. The Morgan fingerprint density at radius 3 is 2.60 bits per heavy atom. The summed E-state index contributed by atoms with van der Waals surface area (Å²) in [6, 6.07) is 20.5.